The zero-order valence-electron chi connectivity index (χ0n) is 11.9. The van der Waals surface area contributed by atoms with Crippen LogP contribution in [0.1, 0.15) is 31.4 Å². The average Bonchev–Trinajstić information content (AvgIpc) is 2.48. The van der Waals surface area contributed by atoms with Crippen molar-refractivity contribution in [3.05, 3.63) is 35.9 Å². The number of carbonyl (C=O) groups excluding carboxylic acids is 2. The molecule has 0 fully saturated rings. The Morgan fingerprint density at radius 3 is 2.55 bits per heavy atom. The first kappa shape index (κ1) is 16.2. The molecule has 0 heterocycles. The van der Waals surface area contributed by atoms with E-state index in [1.165, 1.54) is 7.11 Å². The SMILES string of the molecule is CCOC(=O)CCCN[C@@H](C(=O)OC)c1ccccc1. The average molecular weight is 279 g/mol. The minimum Gasteiger partial charge on any atom is -0.468 e. The van der Waals surface area contributed by atoms with Gasteiger partial charge >= 0.3 is 11.9 Å². The van der Waals surface area contributed by atoms with E-state index in [0.29, 0.717) is 26.0 Å². The van der Waals surface area contributed by atoms with Crippen molar-refractivity contribution in [1.29, 1.82) is 0 Å². The molecule has 1 aromatic carbocycles. The lowest BCUT2D eigenvalue weighted by Crippen LogP contribution is -2.30. The summed E-state index contributed by atoms with van der Waals surface area (Å²) >= 11 is 0. The Labute approximate surface area is 119 Å². The third-order valence-corrected chi connectivity index (χ3v) is 2.78. The van der Waals surface area contributed by atoms with Crippen molar-refractivity contribution in [3.63, 3.8) is 0 Å². The largest absolute Gasteiger partial charge is 0.468 e. The van der Waals surface area contributed by atoms with Crippen molar-refractivity contribution in [2.75, 3.05) is 20.3 Å². The Morgan fingerprint density at radius 1 is 1.25 bits per heavy atom. The Morgan fingerprint density at radius 2 is 1.95 bits per heavy atom. The minimum atomic E-state index is -0.511. The van der Waals surface area contributed by atoms with Gasteiger partial charge in [-0.1, -0.05) is 30.3 Å². The third-order valence-electron chi connectivity index (χ3n) is 2.78. The highest BCUT2D eigenvalue weighted by molar-refractivity contribution is 5.77. The van der Waals surface area contributed by atoms with E-state index < -0.39 is 6.04 Å². The number of methoxy groups -OCH3 is 1. The van der Waals surface area contributed by atoms with Crippen LogP contribution in [0.25, 0.3) is 0 Å². The molecule has 0 saturated heterocycles. The molecule has 0 aliphatic rings. The van der Waals surface area contributed by atoms with E-state index in [1.54, 1.807) is 6.92 Å². The van der Waals surface area contributed by atoms with Gasteiger partial charge in [-0.2, -0.15) is 0 Å². The maximum Gasteiger partial charge on any atom is 0.327 e. The van der Waals surface area contributed by atoms with Crippen LogP contribution >= 0.6 is 0 Å². The quantitative estimate of drug-likeness (QED) is 0.581. The summed E-state index contributed by atoms with van der Waals surface area (Å²) < 4.78 is 9.63. The molecule has 0 bridgehead atoms. The molecule has 1 atom stereocenters. The number of hydrogen-bond acceptors (Lipinski definition) is 5. The van der Waals surface area contributed by atoms with Crippen LogP contribution in [0.3, 0.4) is 0 Å². The van der Waals surface area contributed by atoms with E-state index in [2.05, 4.69) is 5.32 Å². The molecule has 0 saturated carbocycles. The highest BCUT2D eigenvalue weighted by Gasteiger charge is 2.20. The summed E-state index contributed by atoms with van der Waals surface area (Å²) in [5, 5.41) is 3.10. The second-order valence-corrected chi connectivity index (χ2v) is 4.23. The van der Waals surface area contributed by atoms with Crippen LogP contribution in [0.2, 0.25) is 0 Å². The highest BCUT2D eigenvalue weighted by atomic mass is 16.5. The fraction of sp³-hybridized carbons (Fsp3) is 0.467. The van der Waals surface area contributed by atoms with E-state index in [-0.39, 0.29) is 11.9 Å². The number of ether oxygens (including phenoxy) is 2. The van der Waals surface area contributed by atoms with Crippen LogP contribution < -0.4 is 5.32 Å². The van der Waals surface area contributed by atoms with E-state index in [9.17, 15) is 9.59 Å². The van der Waals surface area contributed by atoms with Crippen molar-refractivity contribution in [3.8, 4) is 0 Å². The Bertz CT molecular complexity index is 419. The predicted octanol–water partition coefficient (Wildman–Crippen LogP) is 1.83. The lowest BCUT2D eigenvalue weighted by molar-refractivity contribution is -0.143. The second-order valence-electron chi connectivity index (χ2n) is 4.23. The molecule has 1 aromatic rings. The zero-order valence-corrected chi connectivity index (χ0v) is 11.9. The van der Waals surface area contributed by atoms with Gasteiger partial charge in [0.2, 0.25) is 0 Å². The maximum atomic E-state index is 11.8. The van der Waals surface area contributed by atoms with Crippen molar-refractivity contribution in [2.24, 2.45) is 0 Å². The fourth-order valence-electron chi connectivity index (χ4n) is 1.81. The van der Waals surface area contributed by atoms with Crippen LogP contribution in [0.5, 0.6) is 0 Å². The molecule has 0 radical (unpaired) electrons. The maximum absolute atomic E-state index is 11.8. The van der Waals surface area contributed by atoms with Crippen molar-refractivity contribution in [2.45, 2.75) is 25.8 Å². The number of benzene rings is 1. The van der Waals surface area contributed by atoms with Crippen LogP contribution in [0.4, 0.5) is 0 Å². The lowest BCUT2D eigenvalue weighted by Gasteiger charge is -2.16. The minimum absolute atomic E-state index is 0.219. The molecule has 0 amide bonds. The smallest absolute Gasteiger partial charge is 0.327 e. The van der Waals surface area contributed by atoms with E-state index in [0.717, 1.165) is 5.56 Å². The topological polar surface area (TPSA) is 64.6 Å². The normalized spacial score (nSPS) is 11.7. The Kier molecular flexibility index (Phi) is 7.35. The summed E-state index contributed by atoms with van der Waals surface area (Å²) in [6.07, 6.45) is 0.947. The standard InChI is InChI=1S/C15H21NO4/c1-3-20-13(17)10-7-11-16-14(15(18)19-2)12-8-5-4-6-9-12/h4-6,8-9,14,16H,3,7,10-11H2,1-2H3/t14-/m1/s1. The fourth-order valence-corrected chi connectivity index (χ4v) is 1.81. The van der Waals surface area contributed by atoms with E-state index in [4.69, 9.17) is 9.47 Å². The molecule has 20 heavy (non-hydrogen) atoms. The molecule has 5 heteroatoms. The van der Waals surface area contributed by atoms with Gasteiger partial charge in [0, 0.05) is 6.42 Å². The molecule has 0 aliphatic heterocycles. The van der Waals surface area contributed by atoms with Gasteiger partial charge in [-0.25, -0.2) is 4.79 Å². The first-order valence-electron chi connectivity index (χ1n) is 6.70. The van der Waals surface area contributed by atoms with Crippen LogP contribution in [0.15, 0.2) is 30.3 Å². The number of nitrogens with one attached hydrogen (secondary N) is 1. The number of esters is 2. The summed E-state index contributed by atoms with van der Waals surface area (Å²) in [5.41, 5.74) is 0.843. The molecule has 1 N–H and O–H groups in total. The van der Waals surface area contributed by atoms with Crippen LogP contribution in [-0.2, 0) is 19.1 Å². The van der Waals surface area contributed by atoms with Crippen molar-refractivity contribution in [1.82, 2.24) is 5.32 Å². The molecule has 0 unspecified atom stereocenters. The van der Waals surface area contributed by atoms with Gasteiger partial charge in [-0.15, -0.1) is 0 Å². The van der Waals surface area contributed by atoms with Gasteiger partial charge in [0.25, 0.3) is 0 Å². The van der Waals surface area contributed by atoms with E-state index in [1.807, 2.05) is 30.3 Å². The summed E-state index contributed by atoms with van der Waals surface area (Å²) in [6, 6.07) is 8.83. The Hall–Kier alpha value is -1.88. The summed E-state index contributed by atoms with van der Waals surface area (Å²) in [4.78, 5) is 23.0. The first-order chi connectivity index (χ1) is 9.69. The third kappa shape index (κ3) is 5.40. The van der Waals surface area contributed by atoms with Gasteiger partial charge < -0.3 is 14.8 Å². The highest BCUT2D eigenvalue weighted by Crippen LogP contribution is 2.14. The van der Waals surface area contributed by atoms with Gasteiger partial charge in [0.1, 0.15) is 6.04 Å². The monoisotopic (exact) mass is 279 g/mol. The van der Waals surface area contributed by atoms with Crippen molar-refractivity contribution >= 4 is 11.9 Å². The van der Waals surface area contributed by atoms with Gasteiger partial charge in [0.05, 0.1) is 13.7 Å². The van der Waals surface area contributed by atoms with Gasteiger partial charge in [0.15, 0.2) is 0 Å². The van der Waals surface area contributed by atoms with Crippen molar-refractivity contribution < 1.29 is 19.1 Å². The number of rotatable bonds is 8. The lowest BCUT2D eigenvalue weighted by atomic mass is 10.1. The predicted molar refractivity (Wildman–Crippen MR) is 75.1 cm³/mol. The van der Waals surface area contributed by atoms with Gasteiger partial charge in [-0.05, 0) is 25.5 Å². The second kappa shape index (κ2) is 9.09. The molecule has 1 rings (SSSR count). The van der Waals surface area contributed by atoms with Gasteiger partial charge in [-0.3, -0.25) is 4.79 Å². The molecular formula is C15H21NO4. The molecule has 0 aromatic heterocycles. The van der Waals surface area contributed by atoms with Crippen LogP contribution in [-0.4, -0.2) is 32.2 Å². The van der Waals surface area contributed by atoms with Crippen LogP contribution in [0, 0.1) is 0 Å². The zero-order chi connectivity index (χ0) is 14.8. The molecule has 0 spiro atoms. The molecule has 110 valence electrons. The summed E-state index contributed by atoms with van der Waals surface area (Å²) in [6.45, 7) is 2.70. The summed E-state index contributed by atoms with van der Waals surface area (Å²) in [5.74, 6) is -0.559. The number of carbonyl (C=O) groups is 2. The Balaban J connectivity index is 2.47. The van der Waals surface area contributed by atoms with E-state index >= 15 is 0 Å². The molecule has 0 aliphatic carbocycles. The number of hydrogen-bond donors (Lipinski definition) is 1. The molecular weight excluding hydrogens is 258 g/mol. The molecule has 5 nitrogen and oxygen atoms in total. The summed E-state index contributed by atoms with van der Waals surface area (Å²) in [7, 11) is 1.36. The first-order valence-corrected chi connectivity index (χ1v) is 6.70.